The lowest BCUT2D eigenvalue weighted by atomic mass is 10.1. The Labute approximate surface area is 221 Å². The fourth-order valence-corrected chi connectivity index (χ4v) is 2.98. The Morgan fingerprint density at radius 3 is 1.97 bits per heavy atom. The first kappa shape index (κ1) is 31.4. The zero-order valence-electron chi connectivity index (χ0n) is 21.0. The molecule has 0 saturated heterocycles. The number of hydrogen-bond donors (Lipinski definition) is 1. The van der Waals surface area contributed by atoms with Gasteiger partial charge in [-0.15, -0.1) is 0 Å². The van der Waals surface area contributed by atoms with Crippen molar-refractivity contribution in [2.45, 2.75) is 38.7 Å². The minimum Gasteiger partial charge on any atom is -0.490 e. The maximum Gasteiger partial charge on any atom is 0.422 e. The normalized spacial score (nSPS) is 12.8. The molecule has 0 radical (unpaired) electrons. The Balaban J connectivity index is 2.04. The van der Waals surface area contributed by atoms with Crippen molar-refractivity contribution < 1.29 is 55.2 Å². The number of halogens is 6. The summed E-state index contributed by atoms with van der Waals surface area (Å²) in [6, 6.07) is 10.0. The molecule has 6 nitrogen and oxygen atoms in total. The summed E-state index contributed by atoms with van der Waals surface area (Å²) in [5.41, 5.74) is 1.36. The van der Waals surface area contributed by atoms with Crippen LogP contribution >= 0.6 is 0 Å². The first-order valence-electron chi connectivity index (χ1n) is 11.5. The molecule has 212 valence electrons. The third kappa shape index (κ3) is 13.0. The molecule has 2 aromatic carbocycles. The molecule has 1 atom stereocenters. The van der Waals surface area contributed by atoms with E-state index in [4.69, 9.17) is 9.47 Å². The molecule has 1 N–H and O–H groups in total. The highest BCUT2D eigenvalue weighted by Gasteiger charge is 2.30. The smallest absolute Gasteiger partial charge is 0.422 e. The first-order valence-corrected chi connectivity index (χ1v) is 11.5. The molecule has 0 aliphatic carbocycles. The molecule has 12 heteroatoms. The number of carbonyl (C=O) groups is 1. The van der Waals surface area contributed by atoms with Crippen LogP contribution in [-0.2, 0) is 16.0 Å². The van der Waals surface area contributed by atoms with Crippen molar-refractivity contribution in [1.29, 1.82) is 0 Å². The molecular weight excluding hydrogens is 534 g/mol. The number of benzene rings is 2. The molecule has 0 fully saturated rings. The molecule has 0 heterocycles. The highest BCUT2D eigenvalue weighted by Crippen LogP contribution is 2.26. The second-order valence-corrected chi connectivity index (χ2v) is 8.08. The summed E-state index contributed by atoms with van der Waals surface area (Å²) >= 11 is 0. The molecule has 0 bridgehead atoms. The van der Waals surface area contributed by atoms with Gasteiger partial charge in [-0.25, -0.2) is 4.79 Å². The van der Waals surface area contributed by atoms with Gasteiger partial charge >= 0.3 is 18.3 Å². The van der Waals surface area contributed by atoms with Gasteiger partial charge in [0.25, 0.3) is 0 Å². The van der Waals surface area contributed by atoms with E-state index in [0.29, 0.717) is 11.3 Å². The van der Waals surface area contributed by atoms with Crippen molar-refractivity contribution in [3.05, 3.63) is 65.2 Å². The predicted octanol–water partition coefficient (Wildman–Crippen LogP) is 5.98. The fraction of sp³-hybridized carbons (Fsp3) is 0.370. The molecule has 2 aromatic rings. The Hall–Kier alpha value is -3.85. The Bertz CT molecular complexity index is 1140. The van der Waals surface area contributed by atoms with Crippen molar-refractivity contribution in [1.82, 2.24) is 0 Å². The summed E-state index contributed by atoms with van der Waals surface area (Å²) in [5, 5.41) is 9.18. The zero-order chi connectivity index (χ0) is 29.1. The summed E-state index contributed by atoms with van der Waals surface area (Å²) in [4.78, 5) is 11.2. The highest BCUT2D eigenvalue weighted by molar-refractivity contribution is 5.72. The molecule has 39 heavy (non-hydrogen) atoms. The van der Waals surface area contributed by atoms with Crippen LogP contribution in [0.3, 0.4) is 0 Å². The monoisotopic (exact) mass is 560 g/mol. The fourth-order valence-electron chi connectivity index (χ4n) is 2.98. The lowest BCUT2D eigenvalue weighted by Crippen LogP contribution is -2.26. The van der Waals surface area contributed by atoms with Gasteiger partial charge in [0.2, 0.25) is 0 Å². The van der Waals surface area contributed by atoms with Gasteiger partial charge in [0.15, 0.2) is 19.3 Å². The third-order valence-electron chi connectivity index (χ3n) is 4.72. The van der Waals surface area contributed by atoms with Crippen LogP contribution in [0.4, 0.5) is 26.3 Å². The van der Waals surface area contributed by atoms with E-state index in [1.54, 1.807) is 44.2 Å². The predicted molar refractivity (Wildman–Crippen MR) is 129 cm³/mol. The van der Waals surface area contributed by atoms with Gasteiger partial charge in [-0.2, -0.15) is 26.3 Å². The lowest BCUT2D eigenvalue weighted by molar-refractivity contribution is -0.154. The van der Waals surface area contributed by atoms with Gasteiger partial charge in [0, 0.05) is 24.7 Å². The van der Waals surface area contributed by atoms with Crippen LogP contribution in [0.1, 0.15) is 25.0 Å². The minimum absolute atomic E-state index is 0.0859. The molecule has 0 saturated carbocycles. The quantitative estimate of drug-likeness (QED) is 0.255. The third-order valence-corrected chi connectivity index (χ3v) is 4.72. The maximum absolute atomic E-state index is 12.5. The number of rotatable bonds is 12. The van der Waals surface area contributed by atoms with E-state index in [-0.39, 0.29) is 36.7 Å². The van der Waals surface area contributed by atoms with Gasteiger partial charge in [-0.3, -0.25) is 0 Å². The van der Waals surface area contributed by atoms with Crippen LogP contribution in [0.5, 0.6) is 17.2 Å². The van der Waals surface area contributed by atoms with E-state index >= 15 is 0 Å². The van der Waals surface area contributed by atoms with E-state index in [0.717, 1.165) is 23.8 Å². The Morgan fingerprint density at radius 1 is 0.923 bits per heavy atom. The molecular formula is C27H26F6O6. The average molecular weight is 560 g/mol. The van der Waals surface area contributed by atoms with E-state index in [1.165, 1.54) is 0 Å². The van der Waals surface area contributed by atoms with Gasteiger partial charge in [-0.05, 0) is 55.3 Å². The Morgan fingerprint density at radius 2 is 1.49 bits per heavy atom. The van der Waals surface area contributed by atoms with Gasteiger partial charge < -0.3 is 24.1 Å². The first-order chi connectivity index (χ1) is 18.2. The number of allylic oxidation sites excluding steroid dienone is 1. The SMILES string of the molecule is CCO[C@@H](Cc1ccc(OC/C=C(\C)C#Cc2cc(OCC(F)(F)F)cc(OCC(F)(F)F)c2)cc1)C(=O)O. The summed E-state index contributed by atoms with van der Waals surface area (Å²) in [6.07, 6.45) is -8.40. The summed E-state index contributed by atoms with van der Waals surface area (Å²) in [7, 11) is 0. The van der Waals surface area contributed by atoms with Gasteiger partial charge in [0.1, 0.15) is 23.9 Å². The molecule has 0 unspecified atom stereocenters. The number of carboxylic acid groups (broad SMARTS) is 1. The van der Waals surface area contributed by atoms with Crippen LogP contribution < -0.4 is 14.2 Å². The topological polar surface area (TPSA) is 74.2 Å². The van der Waals surface area contributed by atoms with Crippen molar-refractivity contribution in [2.24, 2.45) is 0 Å². The van der Waals surface area contributed by atoms with Crippen LogP contribution in [-0.4, -0.2) is 56.0 Å². The molecule has 2 rings (SSSR count). The van der Waals surface area contributed by atoms with Gasteiger partial charge in [-0.1, -0.05) is 24.0 Å². The number of ether oxygens (including phenoxy) is 4. The second kappa shape index (κ2) is 14.3. The standard InChI is InChI=1S/C27H26F6O6/c1-3-36-24(25(34)35)14-19-6-8-21(9-7-19)37-11-10-18(2)4-5-20-12-22(38-16-26(28,29)30)15-23(13-20)39-17-27(31,32)33/h6-10,12-13,15,24H,3,11,14,16-17H2,1-2H3,(H,34,35)/b18-10+/t24-/m0/s1. The van der Waals surface area contributed by atoms with Crippen molar-refractivity contribution in [2.75, 3.05) is 26.4 Å². The lowest BCUT2D eigenvalue weighted by Gasteiger charge is -2.13. The van der Waals surface area contributed by atoms with E-state index in [2.05, 4.69) is 21.3 Å². The van der Waals surface area contributed by atoms with Gasteiger partial charge in [0.05, 0.1) is 0 Å². The van der Waals surface area contributed by atoms with E-state index in [1.807, 2.05) is 0 Å². The number of aliphatic carboxylic acids is 1. The van der Waals surface area contributed by atoms with E-state index in [9.17, 15) is 36.2 Å². The Kier molecular flexibility index (Phi) is 11.5. The molecule has 0 aliphatic rings. The van der Waals surface area contributed by atoms with Crippen molar-refractivity contribution in [3.63, 3.8) is 0 Å². The summed E-state index contributed by atoms with van der Waals surface area (Å²) < 4.78 is 95.0. The summed E-state index contributed by atoms with van der Waals surface area (Å²) in [5.74, 6) is 4.17. The molecule has 0 spiro atoms. The number of alkyl halides is 6. The highest BCUT2D eigenvalue weighted by atomic mass is 19.4. The van der Waals surface area contributed by atoms with Crippen molar-refractivity contribution in [3.8, 4) is 29.1 Å². The molecule has 0 aliphatic heterocycles. The van der Waals surface area contributed by atoms with Crippen LogP contribution in [0.25, 0.3) is 0 Å². The molecule has 0 aromatic heterocycles. The zero-order valence-corrected chi connectivity index (χ0v) is 21.0. The largest absolute Gasteiger partial charge is 0.490 e. The summed E-state index contributed by atoms with van der Waals surface area (Å²) in [6.45, 7) is 0.479. The van der Waals surface area contributed by atoms with E-state index < -0.39 is 37.6 Å². The average Bonchev–Trinajstić information content (AvgIpc) is 2.85. The maximum atomic E-state index is 12.5. The minimum atomic E-state index is -4.64. The van der Waals surface area contributed by atoms with Crippen molar-refractivity contribution >= 4 is 5.97 Å². The number of carboxylic acids is 1. The number of hydrogen-bond acceptors (Lipinski definition) is 5. The second-order valence-electron chi connectivity index (χ2n) is 8.08. The van der Waals surface area contributed by atoms with Crippen LogP contribution in [0, 0.1) is 11.8 Å². The molecule has 0 amide bonds. The van der Waals surface area contributed by atoms with Crippen LogP contribution in [0.2, 0.25) is 0 Å². The van der Waals surface area contributed by atoms with Crippen LogP contribution in [0.15, 0.2) is 54.1 Å².